The van der Waals surface area contributed by atoms with E-state index in [0.29, 0.717) is 0 Å². The molecule has 0 unspecified atom stereocenters. The SMILES string of the molecule is Cc1cc(C(C)(C)C)cc(C)c1N1c2cccc3c2B(c2ccc(-c4csc5ccccc45)cc2N3c2ccc(C(C)(C)C)cc2-c2ccccc2)c2sc3ccc(C(C)(C)C)cc3c21. The zero-order valence-electron chi connectivity index (χ0n) is 39.6. The molecule has 0 radical (unpaired) electrons. The second kappa shape index (κ2) is 14.8. The first-order chi connectivity index (χ1) is 31.0. The number of thiophene rings is 2. The van der Waals surface area contributed by atoms with Crippen LogP contribution in [0.1, 0.15) is 90.1 Å². The van der Waals surface area contributed by atoms with Gasteiger partial charge in [-0.05, 0) is 134 Å². The van der Waals surface area contributed by atoms with Gasteiger partial charge in [-0.1, -0.05) is 153 Å². The third kappa shape index (κ3) is 6.72. The summed E-state index contributed by atoms with van der Waals surface area (Å²) >= 11 is 3.82. The topological polar surface area (TPSA) is 6.48 Å². The second-order valence-corrected chi connectivity index (χ2v) is 23.6. The first-order valence-electron chi connectivity index (χ1n) is 23.2. The molecule has 0 aliphatic carbocycles. The summed E-state index contributed by atoms with van der Waals surface area (Å²) in [6, 6.07) is 53.7. The number of benzene rings is 7. The predicted molar refractivity (Wildman–Crippen MR) is 288 cm³/mol. The highest BCUT2D eigenvalue weighted by molar-refractivity contribution is 7.33. The monoisotopic (exact) mass is 880 g/mol. The van der Waals surface area contributed by atoms with Crippen LogP contribution in [0, 0.1) is 13.8 Å². The number of hydrogen-bond acceptors (Lipinski definition) is 4. The Morgan fingerprint density at radius 2 is 1.09 bits per heavy atom. The van der Waals surface area contributed by atoms with E-state index in [2.05, 4.69) is 231 Å². The Kier molecular flexibility index (Phi) is 9.53. The van der Waals surface area contributed by atoms with Gasteiger partial charge in [-0.2, -0.15) is 0 Å². The number of nitrogens with zero attached hydrogens (tertiary/aromatic N) is 2. The van der Waals surface area contributed by atoms with Crippen molar-refractivity contribution < 1.29 is 0 Å². The standard InChI is InChI=1S/C60H57BN2S2/c1-36-30-42(60(9,10)11)31-37(2)55(36)63-50-22-17-21-49-54(50)61(57-56(63)45-34-41(59(6,7)8)26-29-53(45)65-57)47-27-24-39(46-35-64-52-23-16-15-20-43(46)52)32-51(47)62(49)48-28-25-40(58(3,4)5)33-44(48)38-18-13-12-14-19-38/h12-35H,1-11H3. The van der Waals surface area contributed by atoms with Crippen molar-refractivity contribution in [1.29, 1.82) is 0 Å². The largest absolute Gasteiger partial charge is 0.311 e. The fraction of sp³-hybridized carbons (Fsp3) is 0.233. The minimum atomic E-state index is -0.0186. The van der Waals surface area contributed by atoms with Crippen LogP contribution in [0.3, 0.4) is 0 Å². The predicted octanol–water partition coefficient (Wildman–Crippen LogP) is 16.0. The average molecular weight is 881 g/mol. The molecule has 5 heteroatoms. The summed E-state index contributed by atoms with van der Waals surface area (Å²) in [5.74, 6) is 0. The van der Waals surface area contributed by atoms with Crippen LogP contribution in [0.4, 0.5) is 34.1 Å². The van der Waals surface area contributed by atoms with Gasteiger partial charge in [0.1, 0.15) is 0 Å². The molecule has 2 aliphatic heterocycles. The van der Waals surface area contributed by atoms with Gasteiger partial charge in [-0.3, -0.25) is 0 Å². The van der Waals surface area contributed by atoms with Gasteiger partial charge in [0, 0.05) is 53.1 Å². The summed E-state index contributed by atoms with van der Waals surface area (Å²) in [7, 11) is 0. The van der Waals surface area contributed by atoms with E-state index in [9.17, 15) is 0 Å². The molecule has 0 N–H and O–H groups in total. The lowest BCUT2D eigenvalue weighted by Gasteiger charge is -2.44. The van der Waals surface area contributed by atoms with Gasteiger partial charge in [0.25, 0.3) is 6.71 Å². The average Bonchev–Trinajstić information content (AvgIpc) is 3.88. The molecule has 322 valence electrons. The molecular weight excluding hydrogens is 824 g/mol. The van der Waals surface area contributed by atoms with E-state index < -0.39 is 0 Å². The van der Waals surface area contributed by atoms with Crippen LogP contribution in [0.15, 0.2) is 145 Å². The third-order valence-corrected chi connectivity index (χ3v) is 16.2. The fourth-order valence-corrected chi connectivity index (χ4v) is 12.8. The van der Waals surface area contributed by atoms with Crippen molar-refractivity contribution in [2.24, 2.45) is 0 Å². The van der Waals surface area contributed by atoms with Crippen molar-refractivity contribution in [2.45, 2.75) is 92.4 Å². The Balaban J connectivity index is 1.25. The van der Waals surface area contributed by atoms with Crippen LogP contribution in [0.25, 0.3) is 42.4 Å². The van der Waals surface area contributed by atoms with Crippen molar-refractivity contribution in [3.8, 4) is 22.3 Å². The zero-order valence-corrected chi connectivity index (χ0v) is 41.3. The highest BCUT2D eigenvalue weighted by Crippen LogP contribution is 2.52. The maximum atomic E-state index is 2.67. The third-order valence-electron chi connectivity index (χ3n) is 14.0. The van der Waals surface area contributed by atoms with Crippen LogP contribution in [0.2, 0.25) is 0 Å². The Morgan fingerprint density at radius 3 is 1.80 bits per heavy atom. The quantitative estimate of drug-likeness (QED) is 0.163. The molecule has 2 aliphatic rings. The van der Waals surface area contributed by atoms with Crippen molar-refractivity contribution in [3.63, 3.8) is 0 Å². The molecule has 4 heterocycles. The van der Waals surface area contributed by atoms with Crippen molar-refractivity contribution >= 4 is 99.4 Å². The summed E-state index contributed by atoms with van der Waals surface area (Å²) in [4.78, 5) is 5.29. The van der Waals surface area contributed by atoms with Gasteiger partial charge in [0.2, 0.25) is 0 Å². The molecule has 11 rings (SSSR count). The normalized spacial score (nSPS) is 13.7. The summed E-state index contributed by atoms with van der Waals surface area (Å²) < 4.78 is 4.05. The van der Waals surface area contributed by atoms with Gasteiger partial charge < -0.3 is 9.80 Å². The highest BCUT2D eigenvalue weighted by Gasteiger charge is 2.46. The van der Waals surface area contributed by atoms with E-state index in [0.717, 1.165) is 0 Å². The highest BCUT2D eigenvalue weighted by atomic mass is 32.1. The van der Waals surface area contributed by atoms with E-state index in [-0.39, 0.29) is 23.0 Å². The molecule has 7 aromatic carbocycles. The number of fused-ring (bicyclic) bond motifs is 7. The molecular formula is C60H57BN2S2. The molecule has 65 heavy (non-hydrogen) atoms. The summed E-state index contributed by atoms with van der Waals surface area (Å²) in [5, 5.41) is 4.99. The second-order valence-electron chi connectivity index (χ2n) is 21.6. The van der Waals surface area contributed by atoms with Crippen LogP contribution in [-0.2, 0) is 16.2 Å². The Bertz CT molecular complexity index is 3340. The smallest absolute Gasteiger partial charge is 0.264 e. The van der Waals surface area contributed by atoms with Crippen LogP contribution >= 0.6 is 22.7 Å². The van der Waals surface area contributed by atoms with E-state index in [4.69, 9.17) is 0 Å². The van der Waals surface area contributed by atoms with E-state index >= 15 is 0 Å². The van der Waals surface area contributed by atoms with Crippen LogP contribution < -0.4 is 25.5 Å². The van der Waals surface area contributed by atoms with Crippen LogP contribution in [-0.4, -0.2) is 6.71 Å². The van der Waals surface area contributed by atoms with Gasteiger partial charge in [0.15, 0.2) is 0 Å². The van der Waals surface area contributed by atoms with Crippen LogP contribution in [0.5, 0.6) is 0 Å². The number of aryl methyl sites for hydroxylation is 2. The minimum absolute atomic E-state index is 0.00689. The van der Waals surface area contributed by atoms with Gasteiger partial charge in [-0.25, -0.2) is 0 Å². The molecule has 0 amide bonds. The Hall–Kier alpha value is -5.88. The summed E-state index contributed by atoms with van der Waals surface area (Å²) in [5.41, 5.74) is 21.9. The maximum absolute atomic E-state index is 2.67. The summed E-state index contributed by atoms with van der Waals surface area (Å²) in [6.45, 7) is 25.6. The van der Waals surface area contributed by atoms with E-state index in [1.807, 2.05) is 22.7 Å². The molecule has 0 saturated heterocycles. The maximum Gasteiger partial charge on any atom is 0.264 e. The molecule has 2 nitrogen and oxygen atoms in total. The first kappa shape index (κ1) is 41.8. The van der Waals surface area contributed by atoms with E-state index in [1.165, 1.54) is 120 Å². The summed E-state index contributed by atoms with van der Waals surface area (Å²) in [6.07, 6.45) is 0. The lowest BCUT2D eigenvalue weighted by Crippen LogP contribution is -2.60. The van der Waals surface area contributed by atoms with Crippen molar-refractivity contribution in [1.82, 2.24) is 0 Å². The Labute approximate surface area is 394 Å². The molecule has 0 atom stereocenters. The lowest BCUT2D eigenvalue weighted by atomic mass is 9.36. The molecule has 0 saturated carbocycles. The molecule has 0 bridgehead atoms. The van der Waals surface area contributed by atoms with Crippen molar-refractivity contribution in [2.75, 3.05) is 9.80 Å². The molecule has 0 spiro atoms. The van der Waals surface area contributed by atoms with Gasteiger partial charge in [-0.15, -0.1) is 22.7 Å². The number of anilines is 6. The van der Waals surface area contributed by atoms with Crippen molar-refractivity contribution in [3.05, 3.63) is 173 Å². The number of hydrogen-bond donors (Lipinski definition) is 0. The first-order valence-corrected chi connectivity index (χ1v) is 24.9. The fourth-order valence-electron chi connectivity index (χ4n) is 10.5. The van der Waals surface area contributed by atoms with Gasteiger partial charge >= 0.3 is 0 Å². The zero-order chi connectivity index (χ0) is 45.3. The lowest BCUT2D eigenvalue weighted by molar-refractivity contribution is 0.589. The molecule has 0 fully saturated rings. The van der Waals surface area contributed by atoms with Gasteiger partial charge in [0.05, 0.1) is 17.1 Å². The Morgan fingerprint density at radius 1 is 0.446 bits per heavy atom. The molecule has 9 aromatic rings. The van der Waals surface area contributed by atoms with E-state index in [1.54, 1.807) is 0 Å². The number of rotatable bonds is 4. The minimum Gasteiger partial charge on any atom is -0.311 e. The molecule has 2 aromatic heterocycles.